The highest BCUT2D eigenvalue weighted by Crippen LogP contribution is 2.47. The van der Waals surface area contributed by atoms with Crippen LogP contribution in [0.15, 0.2) is 0 Å². The molecule has 714 valence electrons. The number of carbonyl (C=O) groups is 12. The lowest BCUT2D eigenvalue weighted by atomic mass is 9.79. The monoisotopic (exact) mass is 1790 g/mol. The summed E-state index contributed by atoms with van der Waals surface area (Å²) in [5, 5.41) is 0. The maximum absolute atomic E-state index is 14.1. The number of epoxide rings is 7. The molecule has 7 saturated heterocycles. The molecule has 31 nitrogen and oxygen atoms in total. The van der Waals surface area contributed by atoms with E-state index in [2.05, 4.69) is 0 Å². The molecule has 0 amide bonds. The van der Waals surface area contributed by atoms with Gasteiger partial charge in [-0.15, -0.1) is 0 Å². The van der Waals surface area contributed by atoms with Crippen LogP contribution >= 0.6 is 0 Å². The van der Waals surface area contributed by atoms with Gasteiger partial charge in [-0.1, -0.05) is 25.7 Å². The first-order valence-electron chi connectivity index (χ1n) is 49.3. The van der Waals surface area contributed by atoms with Gasteiger partial charge < -0.3 is 90.0 Å². The minimum atomic E-state index is -1.45. The van der Waals surface area contributed by atoms with E-state index in [1.807, 2.05) is 0 Å². The third-order valence-electron chi connectivity index (χ3n) is 28.3. The summed E-state index contributed by atoms with van der Waals surface area (Å²) in [4.78, 5) is 155. The van der Waals surface area contributed by atoms with Gasteiger partial charge in [0.25, 0.3) is 0 Å². The zero-order chi connectivity index (χ0) is 88.6. The Bertz CT molecular complexity index is 3450. The number of hydrogen-bond donors (Lipinski definition) is 0. The van der Waals surface area contributed by atoms with E-state index in [-0.39, 0.29) is 119 Å². The van der Waals surface area contributed by atoms with Crippen LogP contribution in [0.1, 0.15) is 308 Å². The van der Waals surface area contributed by atoms with Crippen LogP contribution in [0.3, 0.4) is 0 Å². The number of esters is 12. The molecule has 7 aliphatic carbocycles. The Labute approximate surface area is 747 Å². The van der Waals surface area contributed by atoms with E-state index in [0.29, 0.717) is 296 Å². The molecule has 24 atom stereocenters. The molecular formula is C96H144O31. The van der Waals surface area contributed by atoms with E-state index in [9.17, 15) is 57.5 Å². The van der Waals surface area contributed by atoms with Gasteiger partial charge in [0.05, 0.1) is 201 Å². The lowest BCUT2D eigenvalue weighted by Crippen LogP contribution is -2.37. The van der Waals surface area contributed by atoms with Crippen LogP contribution in [-0.2, 0) is 148 Å². The van der Waals surface area contributed by atoms with Gasteiger partial charge in [0.2, 0.25) is 0 Å². The predicted molar refractivity (Wildman–Crippen MR) is 449 cm³/mol. The number of carbonyl (C=O) groups excluding carboxylic acids is 12. The standard InChI is InChI=1S/C62H94O20.C34H50O11/c63-55(75-37-41-19-23-47-51(31-41)79-47)15-7-1-3-11-27-71-59(67)35-45(61(69)73-29-12-4-2-8-16-56(64)76-38-42-20-24-48-52(32-42)80-48)46(62(70)74-30-14-6-10-18-58(66)78-40-44-22-26-50-54(34-44)82-50)36-60(68)72-28-13-5-9-17-57(65)77-39-43-21-25-49-53(33-43)81-49;35-31(41-19-21-9-11-25-27(15-21)43-25)7-3-1-5-13-39-33(37)23-17-29-30(45-29)18-24(23)34(38)40-14-6-2-4-8-32(36)42-20-22-10-12-26-28(16-22)44-26/h41-54H,1-40H2;21-30H,1-20H2. The topological polar surface area (TPSA) is 403 Å². The minimum absolute atomic E-state index is 0.00258. The van der Waals surface area contributed by atoms with E-state index in [4.69, 9.17) is 90.0 Å². The molecule has 24 unspecified atom stereocenters. The van der Waals surface area contributed by atoms with Crippen LogP contribution in [-0.4, -0.2) is 236 Å². The summed E-state index contributed by atoms with van der Waals surface area (Å²) in [6.45, 7) is 3.02. The Balaban J connectivity index is 0.000000257. The van der Waals surface area contributed by atoms with Crippen molar-refractivity contribution in [3.8, 4) is 0 Å². The molecule has 0 N–H and O–H groups in total. The van der Waals surface area contributed by atoms with Gasteiger partial charge in [0.15, 0.2) is 0 Å². The molecule has 14 fully saturated rings. The second kappa shape index (κ2) is 51.4. The number of ether oxygens (including phenoxy) is 19. The Morgan fingerprint density at radius 2 is 0.394 bits per heavy atom. The van der Waals surface area contributed by atoms with Crippen molar-refractivity contribution in [2.45, 2.75) is 394 Å². The van der Waals surface area contributed by atoms with Crippen LogP contribution in [0.5, 0.6) is 0 Å². The molecule has 7 heterocycles. The van der Waals surface area contributed by atoms with Gasteiger partial charge in [0, 0.05) is 38.5 Å². The molecule has 0 radical (unpaired) electrons. The van der Waals surface area contributed by atoms with Crippen LogP contribution in [0, 0.1) is 59.2 Å². The molecule has 0 aromatic rings. The van der Waals surface area contributed by atoms with Crippen molar-refractivity contribution in [3.63, 3.8) is 0 Å². The van der Waals surface area contributed by atoms with Gasteiger partial charge in [-0.05, 0) is 267 Å². The molecule has 14 aliphatic rings. The largest absolute Gasteiger partial charge is 0.466 e. The van der Waals surface area contributed by atoms with E-state index in [0.717, 1.165) is 128 Å². The molecule has 0 aromatic heterocycles. The lowest BCUT2D eigenvalue weighted by molar-refractivity contribution is -0.167. The number of hydrogen-bond acceptors (Lipinski definition) is 31. The zero-order valence-electron chi connectivity index (χ0n) is 74.9. The Hall–Kier alpha value is -6.64. The molecule has 0 spiro atoms. The molecule has 7 saturated carbocycles. The Morgan fingerprint density at radius 1 is 0.197 bits per heavy atom. The fourth-order valence-electron chi connectivity index (χ4n) is 19.9. The Kier molecular flexibility index (Phi) is 39.6. The zero-order valence-corrected chi connectivity index (χ0v) is 74.9. The van der Waals surface area contributed by atoms with Crippen molar-refractivity contribution in [2.24, 2.45) is 59.2 Å². The summed E-state index contributed by atoms with van der Waals surface area (Å²) in [6, 6.07) is 0. The first-order chi connectivity index (χ1) is 61.8. The second-order valence-electron chi connectivity index (χ2n) is 38.7. The summed E-state index contributed by atoms with van der Waals surface area (Å²) in [5.74, 6) is -7.29. The SMILES string of the molecule is O=C(CCCCCCOC(=O)CC(C(=O)OCCCCCCC(=O)OCC1CCC2OC2C1)C(CC(=O)OCCCCCC(=O)OCC1CCC2OC2C1)C(=O)OCCCCCC(=O)OCC1CCC2OC2C1)OCC1CCC2OC2C1.O=C(CCCCCOC(=O)C1CC2OC2CC1C(=O)OCCCCCC(=O)OCC1CCC2OC2C1)OCC1CCC2OC2C1. The molecule has 127 heavy (non-hydrogen) atoms. The van der Waals surface area contributed by atoms with Crippen molar-refractivity contribution in [1.29, 1.82) is 0 Å². The summed E-state index contributed by atoms with van der Waals surface area (Å²) in [7, 11) is 0. The molecule has 0 bridgehead atoms. The molecular weight excluding hydrogens is 1650 g/mol. The number of rotatable bonds is 59. The third-order valence-corrected chi connectivity index (χ3v) is 28.3. The van der Waals surface area contributed by atoms with Crippen molar-refractivity contribution in [1.82, 2.24) is 0 Å². The third kappa shape index (κ3) is 35.4. The highest BCUT2D eigenvalue weighted by atomic mass is 16.6. The van der Waals surface area contributed by atoms with Crippen molar-refractivity contribution in [3.05, 3.63) is 0 Å². The van der Waals surface area contributed by atoms with Crippen molar-refractivity contribution < 1.29 is 148 Å². The summed E-state index contributed by atoms with van der Waals surface area (Å²) < 4.78 is 106. The Morgan fingerprint density at radius 3 is 0.630 bits per heavy atom. The quantitative estimate of drug-likeness (QED) is 0.0236. The summed E-state index contributed by atoms with van der Waals surface area (Å²) in [5.41, 5.74) is 0. The van der Waals surface area contributed by atoms with Gasteiger partial charge >= 0.3 is 71.6 Å². The van der Waals surface area contributed by atoms with Gasteiger partial charge in [-0.2, -0.15) is 0 Å². The van der Waals surface area contributed by atoms with Gasteiger partial charge in [-0.25, -0.2) is 0 Å². The van der Waals surface area contributed by atoms with Crippen molar-refractivity contribution in [2.75, 3.05) is 79.3 Å². The lowest BCUT2D eigenvalue weighted by Gasteiger charge is -2.26. The fourth-order valence-corrected chi connectivity index (χ4v) is 19.9. The summed E-state index contributed by atoms with van der Waals surface area (Å²) in [6.07, 6.45) is 36.1. The molecule has 31 heteroatoms. The fraction of sp³-hybridized carbons (Fsp3) is 0.875. The van der Waals surface area contributed by atoms with Crippen LogP contribution in [0.4, 0.5) is 0 Å². The smallest absolute Gasteiger partial charge is 0.310 e. The summed E-state index contributed by atoms with van der Waals surface area (Å²) >= 11 is 0. The first kappa shape index (κ1) is 97.9. The molecule has 14 rings (SSSR count). The highest BCUT2D eigenvalue weighted by Gasteiger charge is 2.55. The van der Waals surface area contributed by atoms with Crippen LogP contribution in [0.2, 0.25) is 0 Å². The molecule has 0 aromatic carbocycles. The van der Waals surface area contributed by atoms with E-state index in [1.165, 1.54) is 0 Å². The van der Waals surface area contributed by atoms with Gasteiger partial charge in [0.1, 0.15) is 0 Å². The normalized spacial score (nSPS) is 31.1. The maximum atomic E-state index is 14.1. The average molecular weight is 1790 g/mol. The predicted octanol–water partition coefficient (Wildman–Crippen LogP) is 12.8. The van der Waals surface area contributed by atoms with Crippen molar-refractivity contribution >= 4 is 71.6 Å². The van der Waals surface area contributed by atoms with E-state index < -0.39 is 60.4 Å². The van der Waals surface area contributed by atoms with Crippen LogP contribution < -0.4 is 0 Å². The maximum Gasteiger partial charge on any atom is 0.310 e. The second-order valence-corrected chi connectivity index (χ2v) is 38.7. The minimum Gasteiger partial charge on any atom is -0.466 e. The average Bonchev–Trinajstić information content (AvgIpc) is 1.61. The highest BCUT2D eigenvalue weighted by molar-refractivity contribution is 5.89. The first-order valence-corrected chi connectivity index (χ1v) is 49.3. The van der Waals surface area contributed by atoms with E-state index >= 15 is 0 Å². The number of unbranched alkanes of at least 4 members (excludes halogenated alkanes) is 14. The van der Waals surface area contributed by atoms with Gasteiger partial charge in [-0.3, -0.25) is 57.5 Å². The van der Waals surface area contributed by atoms with Crippen LogP contribution in [0.25, 0.3) is 0 Å². The molecule has 7 aliphatic heterocycles. The van der Waals surface area contributed by atoms with E-state index in [1.54, 1.807) is 0 Å². The number of fused-ring (bicyclic) bond motifs is 7.